The molecule has 0 amide bonds. The molecule has 0 aromatic heterocycles. The van der Waals surface area contributed by atoms with Crippen LogP contribution in [0.5, 0.6) is 0 Å². The molecule has 0 aliphatic heterocycles. The summed E-state index contributed by atoms with van der Waals surface area (Å²) < 4.78 is 2.12. The molecule has 0 unspecified atom stereocenters. The molecule has 0 aliphatic rings. The Kier molecular flexibility index (Phi) is 15.0. The van der Waals surface area contributed by atoms with Gasteiger partial charge in [0.2, 0.25) is 0 Å². The van der Waals surface area contributed by atoms with Gasteiger partial charge in [0, 0.05) is 0 Å². The first-order valence-electron chi connectivity index (χ1n) is 9.15. The van der Waals surface area contributed by atoms with Crippen molar-refractivity contribution in [3.63, 3.8) is 0 Å². The fourth-order valence-electron chi connectivity index (χ4n) is 2.07. The van der Waals surface area contributed by atoms with E-state index in [1.165, 1.54) is 70.8 Å². The highest BCUT2D eigenvalue weighted by molar-refractivity contribution is 4.47. The van der Waals surface area contributed by atoms with E-state index in [1.807, 2.05) is 0 Å². The molecule has 2 nitrogen and oxygen atoms in total. The first kappa shape index (κ1) is 23.2. The summed E-state index contributed by atoms with van der Waals surface area (Å²) in [6.07, 6.45) is 14.4. The van der Waals surface area contributed by atoms with Crippen LogP contribution in [0.1, 0.15) is 71.1 Å². The minimum Gasteiger partial charge on any atom is -0.333 e. The fraction of sp³-hybridized carbons (Fsp3) is 1.00. The molecule has 0 aromatic rings. The van der Waals surface area contributed by atoms with Crippen molar-refractivity contribution < 1.29 is 8.97 Å². The topological polar surface area (TPSA) is 0 Å². The van der Waals surface area contributed by atoms with Crippen LogP contribution < -0.4 is 0 Å². The minimum atomic E-state index is 1.00. The van der Waals surface area contributed by atoms with Crippen molar-refractivity contribution in [2.45, 2.75) is 71.1 Å². The summed E-state index contributed by atoms with van der Waals surface area (Å²) >= 11 is 0. The molecular formula is C19H46N2+2. The van der Waals surface area contributed by atoms with E-state index < -0.39 is 0 Å². The largest absolute Gasteiger partial charge is 0.333 e. The Labute approximate surface area is 136 Å². The summed E-state index contributed by atoms with van der Waals surface area (Å²) in [6, 6.07) is 0. The van der Waals surface area contributed by atoms with E-state index in [2.05, 4.69) is 56.3 Å². The zero-order chi connectivity index (χ0) is 16.8. The first-order valence-corrected chi connectivity index (χ1v) is 9.15. The van der Waals surface area contributed by atoms with E-state index >= 15 is 0 Å². The second kappa shape index (κ2) is 13.6. The van der Waals surface area contributed by atoms with E-state index in [1.54, 1.807) is 0 Å². The molecule has 0 aromatic carbocycles. The van der Waals surface area contributed by atoms with Crippen LogP contribution in [0, 0.1) is 0 Å². The van der Waals surface area contributed by atoms with Crippen molar-refractivity contribution in [1.82, 2.24) is 0 Å². The third kappa shape index (κ3) is 38.3. The molecule has 0 saturated carbocycles. The molecule has 0 aliphatic carbocycles. The van der Waals surface area contributed by atoms with E-state index in [0.29, 0.717) is 0 Å². The van der Waals surface area contributed by atoms with Crippen molar-refractivity contribution >= 4 is 0 Å². The van der Waals surface area contributed by atoms with E-state index in [9.17, 15) is 0 Å². The summed E-state index contributed by atoms with van der Waals surface area (Å²) in [7, 11) is 15.4. The minimum absolute atomic E-state index is 1.00. The van der Waals surface area contributed by atoms with Gasteiger partial charge in [0.1, 0.15) is 0 Å². The number of quaternary nitrogens is 2. The average Bonchev–Trinajstić information content (AvgIpc) is 2.28. The predicted octanol–water partition coefficient (Wildman–Crippen LogP) is 4.94. The van der Waals surface area contributed by atoms with Gasteiger partial charge in [-0.05, 0) is 12.8 Å². The molecule has 0 bridgehead atoms. The lowest BCUT2D eigenvalue weighted by Gasteiger charge is -2.23. The van der Waals surface area contributed by atoms with Gasteiger partial charge in [-0.2, -0.15) is 0 Å². The zero-order valence-corrected chi connectivity index (χ0v) is 16.7. The molecular weight excluding hydrogens is 256 g/mol. The Hall–Kier alpha value is -0.0800. The summed E-state index contributed by atoms with van der Waals surface area (Å²) in [5.74, 6) is 0. The van der Waals surface area contributed by atoms with Gasteiger partial charge in [-0.3, -0.25) is 0 Å². The van der Waals surface area contributed by atoms with Crippen molar-refractivity contribution in [3.8, 4) is 0 Å². The smallest absolute Gasteiger partial charge is 0.0780 e. The van der Waals surface area contributed by atoms with Gasteiger partial charge >= 0.3 is 0 Å². The Morgan fingerprint density at radius 3 is 1.05 bits per heavy atom. The molecule has 0 saturated heterocycles. The molecule has 0 rings (SSSR count). The van der Waals surface area contributed by atoms with Crippen LogP contribution >= 0.6 is 0 Å². The SMILES string of the molecule is CCCCCCCCCCCC[N+](C)(C)C.C[N+](C)(C)C. The molecule has 0 atom stereocenters. The van der Waals surface area contributed by atoms with Crippen LogP contribution in [-0.4, -0.2) is 64.8 Å². The monoisotopic (exact) mass is 302 g/mol. The van der Waals surface area contributed by atoms with Gasteiger partial charge in [-0.1, -0.05) is 58.3 Å². The molecule has 0 N–H and O–H groups in total. The van der Waals surface area contributed by atoms with Crippen molar-refractivity contribution in [3.05, 3.63) is 0 Å². The summed E-state index contributed by atoms with van der Waals surface area (Å²) in [5, 5.41) is 0. The normalized spacial score (nSPS) is 12.0. The maximum atomic E-state index is 2.29. The number of rotatable bonds is 11. The second-order valence-corrected chi connectivity index (χ2v) is 8.88. The van der Waals surface area contributed by atoms with Gasteiger partial charge < -0.3 is 8.97 Å². The third-order valence-corrected chi connectivity index (χ3v) is 3.18. The molecule has 0 heterocycles. The Morgan fingerprint density at radius 1 is 0.476 bits per heavy atom. The number of hydrogen-bond donors (Lipinski definition) is 0. The van der Waals surface area contributed by atoms with E-state index in [-0.39, 0.29) is 0 Å². The lowest BCUT2D eigenvalue weighted by atomic mass is 10.1. The van der Waals surface area contributed by atoms with E-state index in [0.717, 1.165) is 8.97 Å². The molecule has 0 radical (unpaired) electrons. The van der Waals surface area contributed by atoms with Crippen LogP contribution in [0.2, 0.25) is 0 Å². The summed E-state index contributed by atoms with van der Waals surface area (Å²) in [6.45, 7) is 3.62. The summed E-state index contributed by atoms with van der Waals surface area (Å²) in [5.41, 5.74) is 0. The van der Waals surface area contributed by atoms with Crippen LogP contribution in [0.4, 0.5) is 0 Å². The van der Waals surface area contributed by atoms with Crippen molar-refractivity contribution in [2.75, 3.05) is 55.9 Å². The molecule has 0 spiro atoms. The zero-order valence-electron chi connectivity index (χ0n) is 16.7. The van der Waals surface area contributed by atoms with Gasteiger partial charge in [0.25, 0.3) is 0 Å². The summed E-state index contributed by atoms with van der Waals surface area (Å²) in [4.78, 5) is 0. The molecule has 2 heteroatoms. The average molecular weight is 303 g/mol. The highest BCUT2D eigenvalue weighted by Gasteiger charge is 2.04. The van der Waals surface area contributed by atoms with Gasteiger partial charge in [-0.25, -0.2) is 0 Å². The Morgan fingerprint density at radius 2 is 0.762 bits per heavy atom. The van der Waals surface area contributed by atoms with Crippen LogP contribution in [0.25, 0.3) is 0 Å². The third-order valence-electron chi connectivity index (χ3n) is 3.18. The number of unbranched alkanes of at least 4 members (excludes halogenated alkanes) is 9. The van der Waals surface area contributed by atoms with Crippen LogP contribution in [0.3, 0.4) is 0 Å². The molecule has 0 fully saturated rings. The fourth-order valence-corrected chi connectivity index (χ4v) is 2.07. The predicted molar refractivity (Wildman–Crippen MR) is 98.7 cm³/mol. The van der Waals surface area contributed by atoms with Crippen molar-refractivity contribution in [2.24, 2.45) is 0 Å². The quantitative estimate of drug-likeness (QED) is 0.375. The van der Waals surface area contributed by atoms with E-state index in [4.69, 9.17) is 0 Å². The number of nitrogens with zero attached hydrogens (tertiary/aromatic N) is 2. The Bertz CT molecular complexity index is 193. The molecule has 21 heavy (non-hydrogen) atoms. The Balaban J connectivity index is 0. The standard InChI is InChI=1S/C15H34N.C4H12N/c1-5-6-7-8-9-10-11-12-13-14-15-16(2,3)4;1-5(2,3)4/h5-15H2,1-4H3;1-4H3/q2*+1. The second-order valence-electron chi connectivity index (χ2n) is 8.88. The van der Waals surface area contributed by atoms with Gasteiger partial charge in [0.05, 0.1) is 55.9 Å². The maximum Gasteiger partial charge on any atom is 0.0780 e. The maximum absolute atomic E-state index is 2.29. The van der Waals surface area contributed by atoms with Gasteiger partial charge in [-0.15, -0.1) is 0 Å². The highest BCUT2D eigenvalue weighted by atomic mass is 15.3. The lowest BCUT2D eigenvalue weighted by molar-refractivity contribution is -0.870. The van der Waals surface area contributed by atoms with Gasteiger partial charge in [0.15, 0.2) is 0 Å². The lowest BCUT2D eigenvalue weighted by Crippen LogP contribution is -2.35. The van der Waals surface area contributed by atoms with Crippen LogP contribution in [-0.2, 0) is 0 Å². The first-order chi connectivity index (χ1) is 9.56. The highest BCUT2D eigenvalue weighted by Crippen LogP contribution is 2.10. The number of hydrogen-bond acceptors (Lipinski definition) is 0. The van der Waals surface area contributed by atoms with Crippen LogP contribution in [0.15, 0.2) is 0 Å². The molecule has 130 valence electrons. The van der Waals surface area contributed by atoms with Crippen molar-refractivity contribution in [1.29, 1.82) is 0 Å².